The minimum absolute atomic E-state index is 0.0583. The van der Waals surface area contributed by atoms with Gasteiger partial charge in [-0.1, -0.05) is 0 Å². The van der Waals surface area contributed by atoms with Crippen molar-refractivity contribution < 1.29 is 5.11 Å². The lowest BCUT2D eigenvalue weighted by atomic mass is 10.5. The largest absolute Gasteiger partial charge is 0.494 e. The zero-order chi connectivity index (χ0) is 6.97. The zero-order valence-electron chi connectivity index (χ0n) is 4.94. The summed E-state index contributed by atoms with van der Waals surface area (Å²) < 4.78 is 0. The monoisotopic (exact) mass is 136 g/mol. The highest BCUT2D eigenvalue weighted by molar-refractivity contribution is 5.71. The van der Waals surface area contributed by atoms with E-state index in [9.17, 15) is 0 Å². The molecule has 0 amide bonds. The molecule has 50 valence electrons. The molecule has 0 unspecified atom stereocenters. The Morgan fingerprint density at radius 1 is 1.50 bits per heavy atom. The summed E-state index contributed by atoms with van der Waals surface area (Å²) in [6, 6.07) is 1.47. The van der Waals surface area contributed by atoms with Gasteiger partial charge in [-0.05, 0) is 0 Å². The predicted molar refractivity (Wildman–Crippen MR) is 33.3 cm³/mol. The van der Waals surface area contributed by atoms with E-state index in [1.54, 1.807) is 0 Å². The predicted octanol–water partition coefficient (Wildman–Crippen LogP) is 0.0585. The van der Waals surface area contributed by atoms with Crippen LogP contribution >= 0.6 is 0 Å². The lowest BCUT2D eigenvalue weighted by Crippen LogP contribution is -1.82. The number of rotatable bonds is 0. The fourth-order valence-electron chi connectivity index (χ4n) is 0.766. The number of nitrogens with one attached hydrogen (secondary N) is 1. The summed E-state index contributed by atoms with van der Waals surface area (Å²) in [6.45, 7) is 0. The summed E-state index contributed by atoms with van der Waals surface area (Å²) in [5.41, 5.74) is 1.12. The average molecular weight is 136 g/mol. The van der Waals surface area contributed by atoms with Crippen LogP contribution in [-0.2, 0) is 0 Å². The van der Waals surface area contributed by atoms with Crippen molar-refractivity contribution in [2.24, 2.45) is 0 Å². The van der Waals surface area contributed by atoms with Crippen molar-refractivity contribution in [1.29, 1.82) is 0 Å². The van der Waals surface area contributed by atoms with Gasteiger partial charge in [-0.2, -0.15) is 0 Å². The van der Waals surface area contributed by atoms with Gasteiger partial charge in [0.1, 0.15) is 11.8 Å². The maximum Gasteiger partial charge on any atom is 0.192 e. The molecule has 0 aliphatic carbocycles. The van der Waals surface area contributed by atoms with E-state index in [-0.39, 0.29) is 5.88 Å². The first-order chi connectivity index (χ1) is 4.86. The summed E-state index contributed by atoms with van der Waals surface area (Å²) in [5, 5.41) is 16.1. The van der Waals surface area contributed by atoms with Gasteiger partial charge in [0.25, 0.3) is 0 Å². The molecule has 2 rings (SSSR count). The third-order valence-electron chi connectivity index (χ3n) is 1.17. The smallest absolute Gasteiger partial charge is 0.192 e. The Balaban J connectivity index is 2.88. The van der Waals surface area contributed by atoms with Gasteiger partial charge >= 0.3 is 0 Å². The zero-order valence-corrected chi connectivity index (χ0v) is 4.94. The van der Waals surface area contributed by atoms with Crippen molar-refractivity contribution >= 4 is 11.2 Å². The molecular weight excluding hydrogens is 132 g/mol. The highest BCUT2D eigenvalue weighted by Crippen LogP contribution is 2.12. The van der Waals surface area contributed by atoms with Crippen LogP contribution in [-0.4, -0.2) is 25.3 Å². The van der Waals surface area contributed by atoms with E-state index >= 15 is 0 Å². The van der Waals surface area contributed by atoms with Gasteiger partial charge in [-0.15, -0.1) is 10.2 Å². The number of aromatic hydroxyl groups is 1. The molecule has 0 bridgehead atoms. The standard InChI is InChI=1S/C5H4N4O/c10-4-1-3-5(8-4)6-2-7-9-3/h1-2,10H,(H,6,7,8). The molecule has 0 aliphatic heterocycles. The minimum atomic E-state index is 0.0583. The summed E-state index contributed by atoms with van der Waals surface area (Å²) in [7, 11) is 0. The Morgan fingerprint density at radius 2 is 2.40 bits per heavy atom. The van der Waals surface area contributed by atoms with E-state index in [0.29, 0.717) is 11.2 Å². The van der Waals surface area contributed by atoms with Crippen LogP contribution in [0.15, 0.2) is 12.4 Å². The molecule has 0 saturated heterocycles. The number of hydrogen-bond acceptors (Lipinski definition) is 4. The van der Waals surface area contributed by atoms with Crippen molar-refractivity contribution in [2.45, 2.75) is 0 Å². The van der Waals surface area contributed by atoms with Crippen molar-refractivity contribution in [2.75, 3.05) is 0 Å². The molecule has 2 aromatic rings. The van der Waals surface area contributed by atoms with Crippen molar-refractivity contribution in [3.8, 4) is 5.88 Å². The first-order valence-electron chi connectivity index (χ1n) is 2.71. The van der Waals surface area contributed by atoms with E-state index in [4.69, 9.17) is 5.11 Å². The molecule has 5 nitrogen and oxygen atoms in total. The number of nitrogens with zero attached hydrogens (tertiary/aromatic N) is 3. The molecule has 2 heterocycles. The number of fused-ring (bicyclic) bond motifs is 1. The second kappa shape index (κ2) is 1.66. The fourth-order valence-corrected chi connectivity index (χ4v) is 0.766. The maximum absolute atomic E-state index is 8.89. The van der Waals surface area contributed by atoms with E-state index < -0.39 is 0 Å². The number of aromatic nitrogens is 4. The Morgan fingerprint density at radius 3 is 3.20 bits per heavy atom. The Hall–Kier alpha value is -1.65. The third-order valence-corrected chi connectivity index (χ3v) is 1.17. The number of aromatic amines is 1. The Bertz CT molecular complexity index is 322. The van der Waals surface area contributed by atoms with Crippen LogP contribution in [0.3, 0.4) is 0 Å². The van der Waals surface area contributed by atoms with E-state index in [0.717, 1.165) is 0 Å². The van der Waals surface area contributed by atoms with Crippen LogP contribution in [0.2, 0.25) is 0 Å². The van der Waals surface area contributed by atoms with Gasteiger partial charge in [0.2, 0.25) is 0 Å². The first kappa shape index (κ1) is 5.16. The molecule has 0 fully saturated rings. The van der Waals surface area contributed by atoms with Gasteiger partial charge < -0.3 is 10.1 Å². The first-order valence-corrected chi connectivity index (χ1v) is 2.71. The van der Waals surface area contributed by atoms with E-state index in [1.165, 1.54) is 12.4 Å². The van der Waals surface area contributed by atoms with Crippen LogP contribution in [0.4, 0.5) is 0 Å². The Kier molecular flexibility index (Phi) is 0.858. The second-order valence-electron chi connectivity index (χ2n) is 1.85. The molecule has 0 spiro atoms. The van der Waals surface area contributed by atoms with Gasteiger partial charge in [0.05, 0.1) is 0 Å². The van der Waals surface area contributed by atoms with Crippen molar-refractivity contribution in [3.05, 3.63) is 12.4 Å². The molecule has 0 aromatic carbocycles. The summed E-state index contributed by atoms with van der Waals surface area (Å²) >= 11 is 0. The topological polar surface area (TPSA) is 74.7 Å². The molecule has 0 radical (unpaired) electrons. The molecule has 2 aromatic heterocycles. The van der Waals surface area contributed by atoms with Crippen LogP contribution < -0.4 is 0 Å². The summed E-state index contributed by atoms with van der Waals surface area (Å²) in [4.78, 5) is 6.41. The molecular formula is C5H4N4O. The van der Waals surface area contributed by atoms with Gasteiger partial charge in [-0.3, -0.25) is 0 Å². The van der Waals surface area contributed by atoms with Crippen LogP contribution in [0.25, 0.3) is 11.2 Å². The molecule has 0 aliphatic rings. The summed E-state index contributed by atoms with van der Waals surface area (Å²) in [5.74, 6) is 0.0583. The lowest BCUT2D eigenvalue weighted by molar-refractivity contribution is 0.458. The molecule has 2 N–H and O–H groups in total. The van der Waals surface area contributed by atoms with Gasteiger partial charge in [-0.25, -0.2) is 4.98 Å². The van der Waals surface area contributed by atoms with Crippen LogP contribution in [0.5, 0.6) is 5.88 Å². The third kappa shape index (κ3) is 0.604. The molecule has 0 atom stereocenters. The quantitative estimate of drug-likeness (QED) is 0.537. The SMILES string of the molecule is Oc1cc2nncnc2[nH]1. The van der Waals surface area contributed by atoms with Crippen molar-refractivity contribution in [3.63, 3.8) is 0 Å². The van der Waals surface area contributed by atoms with Gasteiger partial charge in [0.15, 0.2) is 11.5 Å². The molecule has 5 heteroatoms. The van der Waals surface area contributed by atoms with Crippen LogP contribution in [0, 0.1) is 0 Å². The highest BCUT2D eigenvalue weighted by atomic mass is 16.3. The number of hydrogen-bond donors (Lipinski definition) is 2. The van der Waals surface area contributed by atoms with E-state index in [1.807, 2.05) is 0 Å². The molecule has 10 heavy (non-hydrogen) atoms. The lowest BCUT2D eigenvalue weighted by Gasteiger charge is -1.80. The number of H-pyrrole nitrogens is 1. The summed E-state index contributed by atoms with van der Waals surface area (Å²) in [6.07, 6.45) is 1.32. The maximum atomic E-state index is 8.89. The average Bonchev–Trinajstić information content (AvgIpc) is 2.27. The Labute approximate surface area is 55.7 Å². The van der Waals surface area contributed by atoms with Crippen molar-refractivity contribution in [1.82, 2.24) is 20.2 Å². The molecule has 0 saturated carbocycles. The minimum Gasteiger partial charge on any atom is -0.494 e. The fraction of sp³-hybridized carbons (Fsp3) is 0. The second-order valence-corrected chi connectivity index (χ2v) is 1.85. The normalized spacial score (nSPS) is 10.4. The van der Waals surface area contributed by atoms with E-state index in [2.05, 4.69) is 20.2 Å². The van der Waals surface area contributed by atoms with Crippen LogP contribution in [0.1, 0.15) is 0 Å². The van der Waals surface area contributed by atoms with Gasteiger partial charge in [0, 0.05) is 6.07 Å². The highest BCUT2D eigenvalue weighted by Gasteiger charge is 1.98.